The summed E-state index contributed by atoms with van der Waals surface area (Å²) < 4.78 is 0. The van der Waals surface area contributed by atoms with Crippen LogP contribution in [0.1, 0.15) is 88.8 Å². The molecule has 0 saturated heterocycles. The van der Waals surface area contributed by atoms with Crippen LogP contribution >= 0.6 is 23.5 Å². The number of thioether (sulfide) groups is 2. The second-order valence-electron chi connectivity index (χ2n) is 9.80. The zero-order valence-electron chi connectivity index (χ0n) is 18.2. The number of hydrogen-bond donors (Lipinski definition) is 3. The third-order valence-electron chi connectivity index (χ3n) is 6.31. The number of benzene rings is 1. The van der Waals surface area contributed by atoms with Crippen LogP contribution in [0.25, 0.3) is 0 Å². The van der Waals surface area contributed by atoms with Crippen molar-refractivity contribution in [2.45, 2.75) is 112 Å². The van der Waals surface area contributed by atoms with Gasteiger partial charge in [0, 0.05) is 27.6 Å². The van der Waals surface area contributed by atoms with E-state index in [0.717, 1.165) is 61.2 Å². The zero-order valence-corrected chi connectivity index (χ0v) is 19.8. The second-order valence-corrected chi connectivity index (χ2v) is 12.3. The van der Waals surface area contributed by atoms with Gasteiger partial charge in [0.1, 0.15) is 5.75 Å². The molecule has 1 aromatic rings. The molecule has 0 radical (unpaired) electrons. The summed E-state index contributed by atoms with van der Waals surface area (Å²) in [6.07, 6.45) is 8.24. The molecule has 0 heterocycles. The van der Waals surface area contributed by atoms with Gasteiger partial charge in [-0.15, -0.1) is 0 Å². The van der Waals surface area contributed by atoms with Gasteiger partial charge in [-0.2, -0.15) is 23.5 Å². The van der Waals surface area contributed by atoms with Gasteiger partial charge >= 0.3 is 0 Å². The Hall–Kier alpha value is -0.360. The summed E-state index contributed by atoms with van der Waals surface area (Å²) in [5, 5.41) is 32.2. The van der Waals surface area contributed by atoms with Gasteiger partial charge in [-0.05, 0) is 42.2 Å². The van der Waals surface area contributed by atoms with Gasteiger partial charge in [0.05, 0.1) is 12.2 Å². The zero-order chi connectivity index (χ0) is 21.0. The van der Waals surface area contributed by atoms with Crippen LogP contribution in [0.5, 0.6) is 5.75 Å². The largest absolute Gasteiger partial charge is 0.507 e. The molecule has 3 N–H and O–H groups in total. The highest BCUT2D eigenvalue weighted by molar-refractivity contribution is 7.99. The molecule has 2 fully saturated rings. The molecule has 5 heteroatoms. The fourth-order valence-electron chi connectivity index (χ4n) is 4.47. The predicted octanol–water partition coefficient (Wildman–Crippen LogP) is 5.76. The summed E-state index contributed by atoms with van der Waals surface area (Å²) in [6.45, 7) is 6.43. The van der Waals surface area contributed by atoms with Crippen molar-refractivity contribution in [3.05, 3.63) is 28.8 Å². The van der Waals surface area contributed by atoms with Crippen LogP contribution in [0.15, 0.2) is 12.1 Å². The maximum Gasteiger partial charge on any atom is 0.123 e. The predicted molar refractivity (Wildman–Crippen MR) is 126 cm³/mol. The minimum absolute atomic E-state index is 0.126. The van der Waals surface area contributed by atoms with Crippen LogP contribution in [0.4, 0.5) is 0 Å². The fourth-order valence-corrected chi connectivity index (χ4v) is 7.04. The molecule has 4 atom stereocenters. The molecule has 4 unspecified atom stereocenters. The molecule has 0 spiro atoms. The van der Waals surface area contributed by atoms with E-state index in [1.54, 1.807) is 11.8 Å². The molecular formula is C24H38O3S2. The van der Waals surface area contributed by atoms with Crippen molar-refractivity contribution in [2.24, 2.45) is 0 Å². The molecular weight excluding hydrogens is 400 g/mol. The molecule has 0 bridgehead atoms. The van der Waals surface area contributed by atoms with Crippen molar-refractivity contribution in [1.29, 1.82) is 0 Å². The molecule has 3 nitrogen and oxygen atoms in total. The maximum absolute atomic E-state index is 11.0. The second kappa shape index (κ2) is 10.3. The van der Waals surface area contributed by atoms with Crippen LogP contribution < -0.4 is 0 Å². The number of aliphatic hydroxyl groups excluding tert-OH is 2. The molecule has 0 aliphatic heterocycles. The quantitative estimate of drug-likeness (QED) is 0.527. The van der Waals surface area contributed by atoms with Gasteiger partial charge in [-0.3, -0.25) is 0 Å². The number of aliphatic hydroxyl groups is 2. The van der Waals surface area contributed by atoms with E-state index in [4.69, 9.17) is 0 Å². The highest BCUT2D eigenvalue weighted by Gasteiger charge is 2.27. The molecule has 29 heavy (non-hydrogen) atoms. The smallest absolute Gasteiger partial charge is 0.123 e. The molecule has 1 aromatic carbocycles. The summed E-state index contributed by atoms with van der Waals surface area (Å²) in [4.78, 5) is 0. The van der Waals surface area contributed by atoms with Gasteiger partial charge in [0.15, 0.2) is 0 Å². The van der Waals surface area contributed by atoms with E-state index in [0.29, 0.717) is 11.0 Å². The van der Waals surface area contributed by atoms with Gasteiger partial charge in [-0.1, -0.05) is 58.6 Å². The Kier molecular flexibility index (Phi) is 8.28. The summed E-state index contributed by atoms with van der Waals surface area (Å²) in [5.74, 6) is 2.03. The third-order valence-corrected chi connectivity index (χ3v) is 9.24. The highest BCUT2D eigenvalue weighted by Crippen LogP contribution is 2.40. The number of phenols is 1. The Morgan fingerprint density at radius 1 is 0.828 bits per heavy atom. The first-order valence-corrected chi connectivity index (χ1v) is 13.3. The molecule has 2 aliphatic carbocycles. The Morgan fingerprint density at radius 3 is 1.86 bits per heavy atom. The number of aromatic hydroxyl groups is 1. The topological polar surface area (TPSA) is 60.7 Å². The van der Waals surface area contributed by atoms with Crippen LogP contribution in [0.2, 0.25) is 0 Å². The maximum atomic E-state index is 11.0. The first-order valence-electron chi connectivity index (χ1n) is 11.2. The normalized spacial score (nSPS) is 28.4. The van der Waals surface area contributed by atoms with Gasteiger partial charge in [-0.25, -0.2) is 0 Å². The molecule has 2 aliphatic rings. The van der Waals surface area contributed by atoms with Crippen molar-refractivity contribution in [1.82, 2.24) is 0 Å². The van der Waals surface area contributed by atoms with Crippen molar-refractivity contribution >= 4 is 23.5 Å². The number of hydrogen-bond acceptors (Lipinski definition) is 5. The standard InChI is InChI=1S/C24H38O3S2/c1-24(2,3)18-13-16(14-28-21-10-6-4-8-19(21)25)12-17(23(18)27)15-29-22-11-7-5-9-20(22)26/h12-13,19-22,25-27H,4-11,14-15H2,1-3H3. The third kappa shape index (κ3) is 6.32. The number of rotatable bonds is 6. The molecule has 164 valence electrons. The lowest BCUT2D eigenvalue weighted by molar-refractivity contribution is 0.136. The number of phenolic OH excluding ortho intramolecular Hbond substituents is 1. The van der Waals surface area contributed by atoms with E-state index in [1.165, 1.54) is 18.4 Å². The fraction of sp³-hybridized carbons (Fsp3) is 0.750. The van der Waals surface area contributed by atoms with E-state index in [2.05, 4.69) is 32.9 Å². The molecule has 0 aromatic heterocycles. The lowest BCUT2D eigenvalue weighted by Crippen LogP contribution is -2.27. The van der Waals surface area contributed by atoms with Crippen LogP contribution in [0.3, 0.4) is 0 Å². The van der Waals surface area contributed by atoms with Crippen LogP contribution in [0, 0.1) is 0 Å². The first kappa shape index (κ1) is 23.3. The Balaban J connectivity index is 1.74. The van der Waals surface area contributed by atoms with Gasteiger partial charge in [0.25, 0.3) is 0 Å². The summed E-state index contributed by atoms with van der Waals surface area (Å²) in [7, 11) is 0. The van der Waals surface area contributed by atoms with Crippen LogP contribution in [-0.4, -0.2) is 38.0 Å². The van der Waals surface area contributed by atoms with E-state index in [9.17, 15) is 15.3 Å². The van der Waals surface area contributed by atoms with Crippen molar-refractivity contribution in [3.8, 4) is 5.75 Å². The van der Waals surface area contributed by atoms with Crippen molar-refractivity contribution in [2.75, 3.05) is 0 Å². The van der Waals surface area contributed by atoms with Crippen LogP contribution in [-0.2, 0) is 16.9 Å². The highest BCUT2D eigenvalue weighted by atomic mass is 32.2. The van der Waals surface area contributed by atoms with E-state index in [1.807, 2.05) is 11.8 Å². The molecule has 2 saturated carbocycles. The van der Waals surface area contributed by atoms with Crippen molar-refractivity contribution < 1.29 is 15.3 Å². The van der Waals surface area contributed by atoms with E-state index < -0.39 is 0 Å². The lowest BCUT2D eigenvalue weighted by atomic mass is 9.84. The molecule has 0 amide bonds. The Bertz CT molecular complexity index is 671. The van der Waals surface area contributed by atoms with E-state index in [-0.39, 0.29) is 22.9 Å². The minimum atomic E-state index is -0.218. The average molecular weight is 439 g/mol. The molecule has 3 rings (SSSR count). The summed E-state index contributed by atoms with van der Waals surface area (Å²) in [6, 6.07) is 4.30. The monoisotopic (exact) mass is 438 g/mol. The Labute approximate surface area is 185 Å². The SMILES string of the molecule is CC(C)(C)c1cc(CSC2CCCCC2O)cc(CSC2CCCCC2O)c1O. The van der Waals surface area contributed by atoms with Gasteiger partial charge < -0.3 is 15.3 Å². The summed E-state index contributed by atoms with van der Waals surface area (Å²) >= 11 is 3.65. The summed E-state index contributed by atoms with van der Waals surface area (Å²) in [5.41, 5.74) is 3.09. The average Bonchev–Trinajstić information content (AvgIpc) is 2.67. The minimum Gasteiger partial charge on any atom is -0.507 e. The van der Waals surface area contributed by atoms with E-state index >= 15 is 0 Å². The van der Waals surface area contributed by atoms with Crippen molar-refractivity contribution in [3.63, 3.8) is 0 Å². The lowest BCUT2D eigenvalue weighted by Gasteiger charge is -2.29. The Morgan fingerprint density at radius 2 is 1.34 bits per heavy atom. The van der Waals surface area contributed by atoms with Gasteiger partial charge in [0.2, 0.25) is 0 Å². The first-order chi connectivity index (χ1) is 13.8.